The second kappa shape index (κ2) is 17.9. The van der Waals surface area contributed by atoms with E-state index in [1.807, 2.05) is 0 Å². The van der Waals surface area contributed by atoms with Crippen LogP contribution in [0.25, 0.3) is 0 Å². The van der Waals surface area contributed by atoms with Gasteiger partial charge in [-0.1, -0.05) is 0 Å². The third-order valence-corrected chi connectivity index (χ3v) is 0. The van der Waals surface area contributed by atoms with E-state index in [1.165, 1.54) is 0 Å². The fourth-order valence-electron chi connectivity index (χ4n) is 0. The second-order valence-electron chi connectivity index (χ2n) is 0. The fourth-order valence-corrected chi connectivity index (χ4v) is 0. The molecule has 4 heteroatoms. The molecule has 0 aromatic heterocycles. The van der Waals surface area contributed by atoms with Crippen molar-refractivity contribution in [2.75, 3.05) is 0 Å². The Morgan fingerprint density at radius 1 is 1.25 bits per heavy atom. The first kappa shape index (κ1) is 31.7. The average molecular weight is 169 g/mol. The van der Waals surface area contributed by atoms with E-state index in [4.69, 9.17) is 0 Å². The Balaban J connectivity index is 0. The Morgan fingerprint density at radius 2 is 1.25 bits per heavy atom. The molecule has 0 nitrogen and oxygen atoms in total. The summed E-state index contributed by atoms with van der Waals surface area (Å²) < 4.78 is 0. The van der Waals surface area contributed by atoms with Crippen LogP contribution >= 0.6 is 9.90 Å². The Hall–Kier alpha value is 2.47. The second-order valence-corrected chi connectivity index (χ2v) is 0. The maximum Gasteiger partial charge on any atom is 1.00 e. The minimum atomic E-state index is 0. The molecule has 0 aromatic rings. The largest absolute Gasteiger partial charge is 1.00 e. The summed E-state index contributed by atoms with van der Waals surface area (Å²) in [7, 11) is 0. The smallest absolute Gasteiger partial charge is 1.00 e. The summed E-state index contributed by atoms with van der Waals surface area (Å²) in [4.78, 5) is 0. The van der Waals surface area contributed by atoms with E-state index in [0.717, 1.165) is 0 Å². The molecule has 0 aromatic carbocycles. The molecule has 0 heterocycles. The van der Waals surface area contributed by atoms with Gasteiger partial charge in [-0.05, 0) is 0 Å². The molecule has 0 aliphatic rings. The van der Waals surface area contributed by atoms with Gasteiger partial charge in [0.2, 0.25) is 0 Å². The van der Waals surface area contributed by atoms with Gasteiger partial charge in [0.25, 0.3) is 0 Å². The number of hydrogen-bond acceptors (Lipinski definition) is 0. The van der Waals surface area contributed by atoms with Crippen molar-refractivity contribution in [1.29, 1.82) is 0 Å². The molecule has 0 spiro atoms. The van der Waals surface area contributed by atoms with E-state index in [2.05, 4.69) is 0 Å². The van der Waals surface area contributed by atoms with Gasteiger partial charge >= 0.3 is 29.6 Å². The Kier molecular flexibility index (Phi) is 142. The van der Waals surface area contributed by atoms with Crippen LogP contribution in [0, 0.1) is 0 Å². The number of hydrogen-bond donors (Lipinski definition) is 0. The van der Waals surface area contributed by atoms with Crippen LogP contribution in [-0.2, 0) is 34.1 Å². The molecule has 0 aliphatic carbocycles. The van der Waals surface area contributed by atoms with Crippen LogP contribution in [0.3, 0.4) is 0 Å². The summed E-state index contributed by atoms with van der Waals surface area (Å²) in [6, 6.07) is 0. The molecule has 0 saturated carbocycles. The van der Waals surface area contributed by atoms with Crippen molar-refractivity contribution < 1.29 is 65.1 Å². The molecule has 4 heavy (non-hydrogen) atoms. The van der Waals surface area contributed by atoms with Gasteiger partial charge in [0, 0.05) is 34.1 Å². The molecule has 0 aliphatic heterocycles. The van der Waals surface area contributed by atoms with Gasteiger partial charge in [-0.15, -0.1) is 0 Å². The van der Waals surface area contributed by atoms with Crippen LogP contribution < -0.4 is 29.6 Å². The van der Waals surface area contributed by atoms with Crippen molar-refractivity contribution >= 4 is 9.90 Å². The van der Waals surface area contributed by atoms with E-state index in [9.17, 15) is 0 Å². The van der Waals surface area contributed by atoms with Crippen molar-refractivity contribution in [3.63, 3.8) is 0 Å². The summed E-state index contributed by atoms with van der Waals surface area (Å²) in [5, 5.41) is 0. The first-order valence-corrected chi connectivity index (χ1v) is 0. The van der Waals surface area contributed by atoms with E-state index in [-0.39, 0.29) is 75.0 Å². The first-order valence-electron chi connectivity index (χ1n) is 0. The quantitative estimate of drug-likeness (QED) is 0.270. The summed E-state index contributed by atoms with van der Waals surface area (Å²) >= 11 is 0. The Morgan fingerprint density at radius 3 is 1.25 bits per heavy atom. The molecule has 1 unspecified atom stereocenters. The van der Waals surface area contributed by atoms with Gasteiger partial charge in [0.15, 0.2) is 0 Å². The fraction of sp³-hybridized carbons (Fsp3) is 0. The predicted molar refractivity (Wildman–Crippen MR) is 12.2 cm³/mol. The molecule has 1 atom stereocenters. The van der Waals surface area contributed by atoms with Crippen LogP contribution in [0.4, 0.5) is 0 Å². The molecule has 0 bridgehead atoms. The van der Waals surface area contributed by atoms with Crippen molar-refractivity contribution in [3.8, 4) is 0 Å². The van der Waals surface area contributed by atoms with Crippen LogP contribution in [-0.4, -0.2) is 0 Å². The topological polar surface area (TPSA) is 0 Å². The standard InChI is InChI=1S/Fe.Mn.Na.H3P.H/h;;;1H3;/q;;+1;;-1. The predicted octanol–water partition coefficient (Wildman–Crippen LogP) is -2.83. The van der Waals surface area contributed by atoms with Crippen LogP contribution in [0.15, 0.2) is 0 Å². The van der Waals surface area contributed by atoms with Gasteiger partial charge in [-0.25, -0.2) is 0 Å². The first-order chi connectivity index (χ1) is 0. The molecule has 0 amide bonds. The summed E-state index contributed by atoms with van der Waals surface area (Å²) in [5.74, 6) is 0. The van der Waals surface area contributed by atoms with Gasteiger partial charge in [-0.2, -0.15) is 9.90 Å². The van der Waals surface area contributed by atoms with E-state index in [1.54, 1.807) is 0 Å². The molecule has 25 valence electrons. The maximum absolute atomic E-state index is 0. The average Bonchev–Trinajstić information content (AvgIpc) is 0. The van der Waals surface area contributed by atoms with Gasteiger partial charge < -0.3 is 1.43 Å². The van der Waals surface area contributed by atoms with Crippen LogP contribution in [0.2, 0.25) is 0 Å². The molecule has 0 N–H and O–H groups in total. The Bertz CT molecular complexity index is 11.6. The van der Waals surface area contributed by atoms with Gasteiger partial charge in [0.05, 0.1) is 0 Å². The maximum atomic E-state index is 0. The normalized spacial score (nSPS) is 0. The molecular formula is H4FeMnNaP. The third kappa shape index (κ3) is 8.82. The van der Waals surface area contributed by atoms with Gasteiger partial charge in [0.1, 0.15) is 0 Å². The minimum Gasteiger partial charge on any atom is -1.00 e. The monoisotopic (exact) mass is 169 g/mol. The van der Waals surface area contributed by atoms with Crippen molar-refractivity contribution in [2.45, 2.75) is 0 Å². The molecular weight excluding hydrogens is 165 g/mol. The van der Waals surface area contributed by atoms with Gasteiger partial charge in [-0.3, -0.25) is 0 Å². The third-order valence-electron chi connectivity index (χ3n) is 0. The van der Waals surface area contributed by atoms with E-state index >= 15 is 0 Å². The Labute approximate surface area is 74.2 Å². The van der Waals surface area contributed by atoms with Crippen LogP contribution in [0.1, 0.15) is 1.43 Å². The number of rotatable bonds is 0. The van der Waals surface area contributed by atoms with E-state index in [0.29, 0.717) is 0 Å². The summed E-state index contributed by atoms with van der Waals surface area (Å²) in [6.07, 6.45) is 0. The summed E-state index contributed by atoms with van der Waals surface area (Å²) in [5.41, 5.74) is 0. The minimum absolute atomic E-state index is 0. The molecule has 0 fully saturated rings. The zero-order valence-electron chi connectivity index (χ0n) is 3.44. The van der Waals surface area contributed by atoms with E-state index < -0.39 is 0 Å². The van der Waals surface area contributed by atoms with Crippen LogP contribution in [0.5, 0.6) is 0 Å². The molecule has 0 saturated heterocycles. The van der Waals surface area contributed by atoms with Crippen molar-refractivity contribution in [2.24, 2.45) is 0 Å². The zero-order chi connectivity index (χ0) is 0. The summed E-state index contributed by atoms with van der Waals surface area (Å²) in [6.45, 7) is 0. The van der Waals surface area contributed by atoms with Crippen molar-refractivity contribution in [1.82, 2.24) is 0 Å². The van der Waals surface area contributed by atoms with Crippen molar-refractivity contribution in [3.05, 3.63) is 0 Å². The molecule has 0 rings (SSSR count). The SMILES string of the molecule is P.[Fe].[H-].[Mn].[Na+]. The zero-order valence-corrected chi connectivity index (χ0v) is 8.14. The molecule has 1 radical (unpaired) electrons.